The minimum Gasteiger partial charge on any atom is -0.444 e. The first kappa shape index (κ1) is 30.3. The lowest BCUT2D eigenvalue weighted by Gasteiger charge is -2.29. The summed E-state index contributed by atoms with van der Waals surface area (Å²) in [5.74, 6) is -6.09. The van der Waals surface area contributed by atoms with Crippen molar-refractivity contribution in [3.8, 4) is 0 Å². The number of alkyl carbamates (subject to hydrolysis) is 1. The fourth-order valence-electron chi connectivity index (χ4n) is 4.53. The summed E-state index contributed by atoms with van der Waals surface area (Å²) in [6.07, 6.45) is -5.64. The monoisotopic (exact) mass is 589 g/mol. The van der Waals surface area contributed by atoms with Gasteiger partial charge in [0, 0.05) is 37.7 Å². The van der Waals surface area contributed by atoms with Crippen LogP contribution in [-0.2, 0) is 28.7 Å². The second kappa shape index (κ2) is 11.3. The topological polar surface area (TPSA) is 114 Å². The Labute approximate surface area is 231 Å². The third-order valence-corrected chi connectivity index (χ3v) is 6.43. The average Bonchev–Trinajstić information content (AvgIpc) is 3.55. The van der Waals surface area contributed by atoms with Crippen LogP contribution in [0.4, 0.5) is 31.1 Å². The fraction of sp³-hybridized carbons (Fsp3) is 0.538. The maximum Gasteiger partial charge on any atom is 0.435 e. The number of carbonyl (C=O) groups is 3. The first-order chi connectivity index (χ1) is 19.0. The Morgan fingerprint density at radius 2 is 1.76 bits per heavy atom. The van der Waals surface area contributed by atoms with Crippen molar-refractivity contribution in [3.05, 3.63) is 52.4 Å². The Morgan fingerprint density at radius 3 is 2.37 bits per heavy atom. The summed E-state index contributed by atoms with van der Waals surface area (Å²) >= 11 is 0. The number of alkyl halides is 3. The molecule has 1 fully saturated rings. The molecule has 0 spiro atoms. The zero-order valence-electron chi connectivity index (χ0n) is 22.4. The highest BCUT2D eigenvalue weighted by Crippen LogP contribution is 2.35. The van der Waals surface area contributed by atoms with E-state index < -0.39 is 89.2 Å². The predicted octanol–water partition coefficient (Wildman–Crippen LogP) is 3.95. The van der Waals surface area contributed by atoms with Gasteiger partial charge in [-0.3, -0.25) is 9.59 Å². The molecule has 0 radical (unpaired) electrons. The lowest BCUT2D eigenvalue weighted by molar-refractivity contribution is -0.142. The quantitative estimate of drug-likeness (QED) is 0.318. The van der Waals surface area contributed by atoms with Gasteiger partial charge >= 0.3 is 12.3 Å². The molecular weight excluding hydrogens is 560 g/mol. The minimum absolute atomic E-state index is 0.165. The van der Waals surface area contributed by atoms with Crippen molar-refractivity contribution in [1.29, 1.82) is 0 Å². The van der Waals surface area contributed by atoms with Crippen molar-refractivity contribution in [1.82, 2.24) is 25.5 Å². The molecule has 1 aromatic carbocycles. The zero-order valence-corrected chi connectivity index (χ0v) is 22.4. The van der Waals surface area contributed by atoms with Crippen LogP contribution in [0, 0.1) is 17.5 Å². The molecule has 2 amide bonds. The number of Topliss-reactive ketones (excluding diaryl/α,β-unsaturated/α-hetero) is 1. The molecule has 0 bridgehead atoms. The molecule has 1 aliphatic heterocycles. The van der Waals surface area contributed by atoms with Gasteiger partial charge in [-0.05, 0) is 51.7 Å². The number of amides is 2. The van der Waals surface area contributed by atoms with E-state index in [2.05, 4.69) is 20.9 Å². The van der Waals surface area contributed by atoms with Crippen molar-refractivity contribution in [2.45, 2.75) is 82.9 Å². The van der Waals surface area contributed by atoms with Crippen LogP contribution in [0.15, 0.2) is 12.1 Å². The predicted molar refractivity (Wildman–Crippen MR) is 131 cm³/mol. The van der Waals surface area contributed by atoms with Gasteiger partial charge in [-0.25, -0.2) is 22.9 Å². The van der Waals surface area contributed by atoms with E-state index in [0.29, 0.717) is 25.0 Å². The highest BCUT2D eigenvalue weighted by Gasteiger charge is 2.44. The smallest absolute Gasteiger partial charge is 0.435 e. The van der Waals surface area contributed by atoms with Crippen molar-refractivity contribution in [2.75, 3.05) is 6.54 Å². The number of fused-ring (bicyclic) bond motifs is 1. The molecule has 2 heterocycles. The van der Waals surface area contributed by atoms with E-state index >= 15 is 0 Å². The summed E-state index contributed by atoms with van der Waals surface area (Å²) in [6, 6.07) is -1.88. The molecule has 41 heavy (non-hydrogen) atoms. The van der Waals surface area contributed by atoms with Gasteiger partial charge in [-0.15, -0.1) is 0 Å². The van der Waals surface area contributed by atoms with E-state index in [1.807, 2.05) is 0 Å². The lowest BCUT2D eigenvalue weighted by Crippen LogP contribution is -2.45. The van der Waals surface area contributed by atoms with E-state index in [-0.39, 0.29) is 24.7 Å². The molecule has 9 nitrogen and oxygen atoms in total. The van der Waals surface area contributed by atoms with Crippen LogP contribution in [0.2, 0.25) is 0 Å². The molecule has 1 saturated carbocycles. The van der Waals surface area contributed by atoms with Gasteiger partial charge in [-0.1, -0.05) is 0 Å². The van der Waals surface area contributed by atoms with Gasteiger partial charge < -0.3 is 25.3 Å². The lowest BCUT2D eigenvalue weighted by atomic mass is 9.96. The summed E-state index contributed by atoms with van der Waals surface area (Å²) in [6.45, 7) is 4.23. The van der Waals surface area contributed by atoms with Gasteiger partial charge in [0.2, 0.25) is 5.82 Å². The third kappa shape index (κ3) is 7.37. The van der Waals surface area contributed by atoms with Crippen LogP contribution in [-0.4, -0.2) is 51.6 Å². The summed E-state index contributed by atoms with van der Waals surface area (Å²) < 4.78 is 89.4. The first-order valence-electron chi connectivity index (χ1n) is 12.9. The number of benzene rings is 1. The second-order valence-electron chi connectivity index (χ2n) is 11.1. The normalized spacial score (nSPS) is 17.9. The molecule has 3 N–H and O–H groups in total. The van der Waals surface area contributed by atoms with Crippen LogP contribution >= 0.6 is 0 Å². The molecule has 2 atom stereocenters. The van der Waals surface area contributed by atoms with Crippen LogP contribution in [0.3, 0.4) is 0 Å². The summed E-state index contributed by atoms with van der Waals surface area (Å²) in [4.78, 5) is 42.5. The number of aromatic nitrogens is 2. The molecule has 0 saturated heterocycles. The van der Waals surface area contributed by atoms with E-state index in [0.717, 1.165) is 4.57 Å². The third-order valence-electron chi connectivity index (χ3n) is 6.43. The number of nitrogens with zero attached hydrogens (tertiary/aromatic N) is 2. The van der Waals surface area contributed by atoms with E-state index in [9.17, 15) is 40.7 Å². The molecule has 1 aliphatic carbocycles. The number of ketones is 1. The molecule has 2 aromatic rings. The number of hydrogen-bond acceptors (Lipinski definition) is 6. The van der Waals surface area contributed by atoms with E-state index in [4.69, 9.17) is 4.74 Å². The maximum absolute atomic E-state index is 14.4. The van der Waals surface area contributed by atoms with Crippen molar-refractivity contribution in [2.24, 2.45) is 0 Å². The van der Waals surface area contributed by atoms with Crippen molar-refractivity contribution < 1.29 is 45.5 Å². The molecule has 2 unspecified atom stereocenters. The van der Waals surface area contributed by atoms with Gasteiger partial charge in [0.15, 0.2) is 23.1 Å². The fourth-order valence-corrected chi connectivity index (χ4v) is 4.53. The number of ether oxygens (including phenoxy) is 1. The molecule has 1 aromatic heterocycles. The molecule has 15 heteroatoms. The molecule has 2 aliphatic rings. The summed E-state index contributed by atoms with van der Waals surface area (Å²) in [5, 5.41) is 7.72. The van der Waals surface area contributed by atoms with Crippen LogP contribution in [0.1, 0.15) is 73.6 Å². The number of carbonyl (C=O) groups excluding carboxylic acids is 3. The first-order valence-corrected chi connectivity index (χ1v) is 12.9. The molecule has 4 rings (SSSR count). The zero-order chi connectivity index (χ0) is 30.3. The van der Waals surface area contributed by atoms with Gasteiger partial charge in [0.25, 0.3) is 5.91 Å². The number of hydrogen-bond donors (Lipinski definition) is 3. The van der Waals surface area contributed by atoms with Crippen LogP contribution in [0.25, 0.3) is 0 Å². The van der Waals surface area contributed by atoms with Gasteiger partial charge in [0.1, 0.15) is 17.5 Å². The number of imidazole rings is 1. The maximum atomic E-state index is 14.4. The average molecular weight is 590 g/mol. The number of halogens is 6. The number of rotatable bonds is 8. The Bertz CT molecular complexity index is 1350. The van der Waals surface area contributed by atoms with E-state index in [1.165, 1.54) is 0 Å². The number of nitrogens with one attached hydrogen (secondary N) is 3. The Hall–Kier alpha value is -3.62. The largest absolute Gasteiger partial charge is 0.444 e. The highest BCUT2D eigenvalue weighted by atomic mass is 19.4. The Morgan fingerprint density at radius 1 is 1.10 bits per heavy atom. The Kier molecular flexibility index (Phi) is 8.39. The molecular formula is C26H29F6N5O4. The van der Waals surface area contributed by atoms with Gasteiger partial charge in [-0.2, -0.15) is 13.2 Å². The van der Waals surface area contributed by atoms with Crippen LogP contribution < -0.4 is 16.0 Å². The Balaban J connectivity index is 1.65. The van der Waals surface area contributed by atoms with E-state index in [1.54, 1.807) is 20.8 Å². The SMILES string of the molecule is CC(C)(C)OC(=O)NC(CC(=O)C1CNCc2c(C(F)(F)F)nc(C(=O)NC3CC3)n21)Cc1cc(F)c(F)cc1F. The van der Waals surface area contributed by atoms with Crippen molar-refractivity contribution >= 4 is 17.8 Å². The molecule has 224 valence electrons. The second-order valence-corrected chi connectivity index (χ2v) is 11.1. The highest BCUT2D eigenvalue weighted by molar-refractivity contribution is 5.93. The standard InChI is InChI=1S/C26H29F6N5O4/c1-25(2,3)41-24(40)35-14(6-12-7-16(28)17(29)9-15(12)27)8-20(38)18-10-33-11-19-21(26(30,31)32)36-22(37(18)19)23(39)34-13-4-5-13/h7,9,13-14,18,33H,4-6,8,10-11H2,1-3H3,(H,34,39)(H,35,40). The van der Waals surface area contributed by atoms with Crippen molar-refractivity contribution in [3.63, 3.8) is 0 Å². The summed E-state index contributed by atoms with van der Waals surface area (Å²) in [7, 11) is 0. The summed E-state index contributed by atoms with van der Waals surface area (Å²) in [5.41, 5.74) is -3.03. The minimum atomic E-state index is -4.91. The van der Waals surface area contributed by atoms with Gasteiger partial charge in [0.05, 0.1) is 5.69 Å². The van der Waals surface area contributed by atoms with Crippen LogP contribution in [0.5, 0.6) is 0 Å².